The second-order valence-electron chi connectivity index (χ2n) is 9.94. The van der Waals surface area contributed by atoms with Crippen LogP contribution in [0.1, 0.15) is 6.42 Å². The highest BCUT2D eigenvalue weighted by molar-refractivity contribution is 7.89. The van der Waals surface area contributed by atoms with Gasteiger partial charge in [-0.15, -0.1) is 0 Å². The van der Waals surface area contributed by atoms with Crippen LogP contribution in [0, 0.1) is 5.92 Å². The van der Waals surface area contributed by atoms with E-state index in [1.165, 1.54) is 16.6 Å². The molecule has 1 N–H and O–H groups in total. The van der Waals surface area contributed by atoms with Crippen LogP contribution in [-0.4, -0.2) is 77.9 Å². The van der Waals surface area contributed by atoms with E-state index in [9.17, 15) is 18.3 Å². The van der Waals surface area contributed by atoms with Crippen LogP contribution in [-0.2, 0) is 14.8 Å². The summed E-state index contributed by atoms with van der Waals surface area (Å²) in [6.45, 7) is 3.09. The Morgan fingerprint density at radius 2 is 1.72 bits per heavy atom. The molecule has 10 heteroatoms. The molecule has 2 aromatic heterocycles. The average molecular weight is 544 g/mol. The predicted octanol–water partition coefficient (Wildman–Crippen LogP) is 3.36. The second kappa shape index (κ2) is 10.3. The van der Waals surface area contributed by atoms with Gasteiger partial charge in [0.05, 0.1) is 17.1 Å². The number of sulfonamides is 1. The van der Waals surface area contributed by atoms with Crippen molar-refractivity contribution in [3.63, 3.8) is 0 Å². The number of aromatic hydroxyl groups is 1. The van der Waals surface area contributed by atoms with E-state index in [1.54, 1.807) is 30.3 Å². The molecule has 9 nitrogen and oxygen atoms in total. The minimum absolute atomic E-state index is 0.0179. The van der Waals surface area contributed by atoms with Crippen molar-refractivity contribution in [3.05, 3.63) is 79.1 Å². The number of fused-ring (bicyclic) bond motifs is 1. The summed E-state index contributed by atoms with van der Waals surface area (Å²) in [5.74, 6) is -0.219. The van der Waals surface area contributed by atoms with Crippen molar-refractivity contribution in [2.45, 2.75) is 11.3 Å². The summed E-state index contributed by atoms with van der Waals surface area (Å²) in [6, 6.07) is 19.9. The van der Waals surface area contributed by atoms with Crippen molar-refractivity contribution in [1.29, 1.82) is 0 Å². The van der Waals surface area contributed by atoms with E-state index in [4.69, 9.17) is 0 Å². The van der Waals surface area contributed by atoms with Crippen LogP contribution >= 0.6 is 0 Å². The molecular formula is C29H29N5O4S. The molecule has 4 heterocycles. The highest BCUT2D eigenvalue weighted by Crippen LogP contribution is 2.29. The van der Waals surface area contributed by atoms with Gasteiger partial charge in [0.15, 0.2) is 0 Å². The van der Waals surface area contributed by atoms with Gasteiger partial charge in [-0.05, 0) is 42.8 Å². The number of hydrogen-bond donors (Lipinski definition) is 1. The molecule has 0 saturated carbocycles. The van der Waals surface area contributed by atoms with Gasteiger partial charge in [0.25, 0.3) is 0 Å². The van der Waals surface area contributed by atoms with Gasteiger partial charge in [0.2, 0.25) is 15.9 Å². The van der Waals surface area contributed by atoms with Crippen LogP contribution < -0.4 is 4.90 Å². The SMILES string of the molecule is O=C(C1CCN(S(=O)(=O)c2ccc(-c3cccc(O)c3)nc2)C1)N1CCN(c2ccnc3ccccc23)CC1. The van der Waals surface area contributed by atoms with E-state index in [0.717, 1.165) is 16.6 Å². The number of benzene rings is 2. The van der Waals surface area contributed by atoms with Gasteiger partial charge in [-0.2, -0.15) is 4.31 Å². The van der Waals surface area contributed by atoms with Crippen molar-refractivity contribution in [2.24, 2.45) is 5.92 Å². The summed E-state index contributed by atoms with van der Waals surface area (Å²) in [4.78, 5) is 26.3. The molecule has 200 valence electrons. The first-order valence-corrected chi connectivity index (χ1v) is 14.5. The molecule has 2 fully saturated rings. The summed E-state index contributed by atoms with van der Waals surface area (Å²) in [7, 11) is -3.77. The van der Waals surface area contributed by atoms with Crippen LogP contribution in [0.25, 0.3) is 22.2 Å². The number of phenols is 1. The molecule has 0 aliphatic carbocycles. The Hall–Kier alpha value is -4.02. The summed E-state index contributed by atoms with van der Waals surface area (Å²) < 4.78 is 28.0. The molecule has 1 atom stereocenters. The molecule has 4 aromatic rings. The Bertz CT molecular complexity index is 1610. The zero-order valence-corrected chi connectivity index (χ0v) is 22.2. The van der Waals surface area contributed by atoms with E-state index >= 15 is 0 Å². The van der Waals surface area contributed by atoms with Crippen molar-refractivity contribution in [2.75, 3.05) is 44.2 Å². The van der Waals surface area contributed by atoms with E-state index < -0.39 is 10.0 Å². The highest BCUT2D eigenvalue weighted by Gasteiger charge is 2.38. The first-order chi connectivity index (χ1) is 18.9. The summed E-state index contributed by atoms with van der Waals surface area (Å²) in [5.41, 5.74) is 3.33. The molecule has 0 spiro atoms. The molecule has 1 unspecified atom stereocenters. The van der Waals surface area contributed by atoms with Gasteiger partial charge < -0.3 is 14.9 Å². The highest BCUT2D eigenvalue weighted by atomic mass is 32.2. The fourth-order valence-electron chi connectivity index (χ4n) is 5.45. The lowest BCUT2D eigenvalue weighted by molar-refractivity contribution is -0.135. The molecule has 1 amide bonds. The van der Waals surface area contributed by atoms with Gasteiger partial charge >= 0.3 is 0 Å². The first-order valence-electron chi connectivity index (χ1n) is 13.0. The number of pyridine rings is 2. The largest absolute Gasteiger partial charge is 0.508 e. The number of piperazine rings is 1. The minimum Gasteiger partial charge on any atom is -0.508 e. The number of nitrogens with zero attached hydrogens (tertiary/aromatic N) is 5. The third-order valence-corrected chi connectivity index (χ3v) is 9.42. The quantitative estimate of drug-likeness (QED) is 0.411. The Morgan fingerprint density at radius 1 is 0.897 bits per heavy atom. The van der Waals surface area contributed by atoms with Gasteiger partial charge in [-0.1, -0.05) is 30.3 Å². The van der Waals surface area contributed by atoms with Gasteiger partial charge in [0.1, 0.15) is 10.6 Å². The van der Waals surface area contributed by atoms with Gasteiger partial charge in [-0.3, -0.25) is 14.8 Å². The second-order valence-corrected chi connectivity index (χ2v) is 11.9. The van der Waals surface area contributed by atoms with E-state index in [2.05, 4.69) is 20.9 Å². The number of carbonyl (C=O) groups excluding carboxylic acids is 1. The fraction of sp³-hybridized carbons (Fsp3) is 0.276. The topological polar surface area (TPSA) is 107 Å². The van der Waals surface area contributed by atoms with Crippen molar-refractivity contribution >= 4 is 32.5 Å². The van der Waals surface area contributed by atoms with E-state index in [-0.39, 0.29) is 29.0 Å². The first kappa shape index (κ1) is 25.3. The number of carbonyl (C=O) groups is 1. The average Bonchev–Trinajstić information content (AvgIpc) is 3.48. The van der Waals surface area contributed by atoms with Crippen LogP contribution in [0.5, 0.6) is 5.75 Å². The maximum absolute atomic E-state index is 13.3. The maximum Gasteiger partial charge on any atom is 0.244 e. The molecule has 0 bridgehead atoms. The zero-order chi connectivity index (χ0) is 27.0. The summed E-state index contributed by atoms with van der Waals surface area (Å²) in [5, 5.41) is 10.8. The lowest BCUT2D eigenvalue weighted by atomic mass is 10.1. The van der Waals surface area contributed by atoms with Gasteiger partial charge in [-0.25, -0.2) is 8.42 Å². The van der Waals surface area contributed by atoms with Crippen molar-refractivity contribution < 1.29 is 18.3 Å². The summed E-state index contributed by atoms with van der Waals surface area (Å²) >= 11 is 0. The van der Waals surface area contributed by atoms with Crippen LogP contribution in [0.15, 0.2) is 84.0 Å². The number of amides is 1. The molecule has 6 rings (SSSR count). The van der Waals surface area contributed by atoms with Crippen LogP contribution in [0.3, 0.4) is 0 Å². The minimum atomic E-state index is -3.77. The standard InChI is InChI=1S/C29H29N5O4S/c35-23-5-3-4-21(18-23)26-9-8-24(19-31-26)39(37,38)34-13-11-22(20-34)29(36)33-16-14-32(15-17-33)28-10-12-30-27-7-2-1-6-25(27)28/h1-10,12,18-19,22,35H,11,13-17,20H2. The molecule has 2 saturated heterocycles. The lowest BCUT2D eigenvalue weighted by Gasteiger charge is -2.37. The van der Waals surface area contributed by atoms with Crippen molar-refractivity contribution in [3.8, 4) is 17.0 Å². The molecular weight excluding hydrogens is 514 g/mol. The smallest absolute Gasteiger partial charge is 0.244 e. The van der Waals surface area contributed by atoms with Crippen LogP contribution in [0.2, 0.25) is 0 Å². The Balaban J connectivity index is 1.08. The molecule has 2 aliphatic rings. The molecule has 2 aliphatic heterocycles. The van der Waals surface area contributed by atoms with E-state index in [1.807, 2.05) is 35.4 Å². The normalized spacial score (nSPS) is 18.5. The van der Waals surface area contributed by atoms with Crippen molar-refractivity contribution in [1.82, 2.24) is 19.2 Å². The van der Waals surface area contributed by atoms with E-state index in [0.29, 0.717) is 50.4 Å². The Kier molecular flexibility index (Phi) is 6.66. The third-order valence-electron chi connectivity index (χ3n) is 7.57. The van der Waals surface area contributed by atoms with Crippen LogP contribution in [0.4, 0.5) is 5.69 Å². The lowest BCUT2D eigenvalue weighted by Crippen LogP contribution is -2.50. The number of phenolic OH excluding ortho intramolecular Hbond substituents is 1. The maximum atomic E-state index is 13.3. The number of rotatable bonds is 5. The number of aromatic nitrogens is 2. The number of anilines is 1. The third kappa shape index (κ3) is 4.93. The Labute approximate surface area is 227 Å². The zero-order valence-electron chi connectivity index (χ0n) is 21.3. The monoisotopic (exact) mass is 543 g/mol. The van der Waals surface area contributed by atoms with Gasteiger partial charge in [0, 0.05) is 68.3 Å². The predicted molar refractivity (Wildman–Crippen MR) is 149 cm³/mol. The number of para-hydroxylation sites is 1. The number of hydrogen-bond acceptors (Lipinski definition) is 7. The molecule has 2 aromatic carbocycles. The summed E-state index contributed by atoms with van der Waals surface area (Å²) in [6.07, 6.45) is 3.66. The molecule has 0 radical (unpaired) electrons. The fourth-order valence-corrected chi connectivity index (χ4v) is 6.89. The Morgan fingerprint density at radius 3 is 2.49 bits per heavy atom. The molecule has 39 heavy (non-hydrogen) atoms.